The Morgan fingerprint density at radius 1 is 1.39 bits per heavy atom. The summed E-state index contributed by atoms with van der Waals surface area (Å²) in [4.78, 5) is 16.7. The van der Waals surface area contributed by atoms with Gasteiger partial charge in [-0.15, -0.1) is 5.59 Å². The monoisotopic (exact) mass is 249 g/mol. The molecule has 1 heterocycles. The molecule has 1 unspecified atom stereocenters. The lowest BCUT2D eigenvalue weighted by Gasteiger charge is -2.32. The summed E-state index contributed by atoms with van der Waals surface area (Å²) in [6, 6.07) is 9.60. The maximum atomic E-state index is 11.3. The molecule has 1 aliphatic heterocycles. The molecule has 5 heteroatoms. The molecule has 2 rings (SSSR count). The Bertz CT molecular complexity index is 383. The van der Waals surface area contributed by atoms with E-state index in [4.69, 9.17) is 10.6 Å². The smallest absolute Gasteiger partial charge is 0.236 e. The molecular formula is C13H19N3O2. The first kappa shape index (κ1) is 13.0. The van der Waals surface area contributed by atoms with Gasteiger partial charge < -0.3 is 5.73 Å². The molecule has 0 aromatic heterocycles. The number of carbonyl (C=O) groups is 1. The summed E-state index contributed by atoms with van der Waals surface area (Å²) >= 11 is 0. The van der Waals surface area contributed by atoms with Gasteiger partial charge in [0, 0.05) is 6.54 Å². The standard InChI is InChI=1S/C13H19N3O2/c14-13(17)12-8-4-5-9-16(12)15-18-10-11-6-2-1-3-7-11/h1-3,6-7,12,15H,4-5,8-10H2,(H2,14,17). The third-order valence-corrected chi connectivity index (χ3v) is 3.09. The molecule has 0 radical (unpaired) electrons. The van der Waals surface area contributed by atoms with Crippen LogP contribution in [0.15, 0.2) is 30.3 Å². The number of hydrogen-bond acceptors (Lipinski definition) is 4. The summed E-state index contributed by atoms with van der Waals surface area (Å²) in [5.41, 5.74) is 9.28. The molecule has 1 aliphatic rings. The van der Waals surface area contributed by atoms with E-state index in [2.05, 4.69) is 5.59 Å². The number of hydrazine groups is 1. The molecule has 1 amide bonds. The Kier molecular flexibility index (Phi) is 4.69. The van der Waals surface area contributed by atoms with Crippen molar-refractivity contribution in [1.29, 1.82) is 0 Å². The number of piperidine rings is 1. The average Bonchev–Trinajstić information content (AvgIpc) is 2.40. The number of carbonyl (C=O) groups excluding carboxylic acids is 1. The molecule has 1 aromatic carbocycles. The van der Waals surface area contributed by atoms with E-state index in [0.29, 0.717) is 6.61 Å². The second-order valence-electron chi connectivity index (χ2n) is 4.47. The number of hydrogen-bond donors (Lipinski definition) is 2. The van der Waals surface area contributed by atoms with E-state index in [1.807, 2.05) is 30.3 Å². The van der Waals surface area contributed by atoms with E-state index in [1.165, 1.54) is 0 Å². The zero-order valence-electron chi connectivity index (χ0n) is 10.3. The first-order valence-corrected chi connectivity index (χ1v) is 6.24. The minimum atomic E-state index is -0.300. The molecule has 1 aromatic rings. The number of nitrogens with zero attached hydrogens (tertiary/aromatic N) is 1. The van der Waals surface area contributed by atoms with Gasteiger partial charge in [0.05, 0.1) is 6.61 Å². The summed E-state index contributed by atoms with van der Waals surface area (Å²) in [5, 5.41) is 1.79. The fourth-order valence-electron chi connectivity index (χ4n) is 2.11. The average molecular weight is 249 g/mol. The number of nitrogens with one attached hydrogen (secondary N) is 1. The predicted molar refractivity (Wildman–Crippen MR) is 67.9 cm³/mol. The lowest BCUT2D eigenvalue weighted by molar-refractivity contribution is -0.145. The first-order chi connectivity index (χ1) is 8.77. The molecule has 5 nitrogen and oxygen atoms in total. The van der Waals surface area contributed by atoms with Crippen molar-refractivity contribution in [3.05, 3.63) is 35.9 Å². The number of rotatable bonds is 5. The number of primary amides is 1. The number of amides is 1. The fourth-order valence-corrected chi connectivity index (χ4v) is 2.11. The largest absolute Gasteiger partial charge is 0.368 e. The van der Waals surface area contributed by atoms with E-state index in [-0.39, 0.29) is 11.9 Å². The zero-order chi connectivity index (χ0) is 12.8. The van der Waals surface area contributed by atoms with Crippen molar-refractivity contribution in [3.8, 4) is 0 Å². The van der Waals surface area contributed by atoms with Gasteiger partial charge in [0.25, 0.3) is 0 Å². The summed E-state index contributed by atoms with van der Waals surface area (Å²) in [6.07, 6.45) is 2.87. The third-order valence-electron chi connectivity index (χ3n) is 3.09. The van der Waals surface area contributed by atoms with Crippen LogP contribution in [0.5, 0.6) is 0 Å². The van der Waals surface area contributed by atoms with Crippen molar-refractivity contribution < 1.29 is 9.63 Å². The van der Waals surface area contributed by atoms with Crippen LogP contribution in [0, 0.1) is 0 Å². The van der Waals surface area contributed by atoms with Crippen LogP contribution in [0.1, 0.15) is 24.8 Å². The second kappa shape index (κ2) is 6.49. The van der Waals surface area contributed by atoms with E-state index in [0.717, 1.165) is 31.4 Å². The summed E-state index contributed by atoms with van der Waals surface area (Å²) in [6.45, 7) is 1.24. The van der Waals surface area contributed by atoms with Crippen molar-refractivity contribution in [3.63, 3.8) is 0 Å². The van der Waals surface area contributed by atoms with Gasteiger partial charge in [-0.3, -0.25) is 9.63 Å². The van der Waals surface area contributed by atoms with E-state index in [1.54, 1.807) is 5.01 Å². The van der Waals surface area contributed by atoms with Crippen molar-refractivity contribution in [1.82, 2.24) is 10.6 Å². The Morgan fingerprint density at radius 2 is 2.17 bits per heavy atom. The quantitative estimate of drug-likeness (QED) is 0.763. The van der Waals surface area contributed by atoms with E-state index in [9.17, 15) is 4.79 Å². The predicted octanol–water partition coefficient (Wildman–Crippen LogP) is 0.963. The lowest BCUT2D eigenvalue weighted by Crippen LogP contribution is -2.53. The van der Waals surface area contributed by atoms with Crippen LogP contribution in [0.2, 0.25) is 0 Å². The highest BCUT2D eigenvalue weighted by Crippen LogP contribution is 2.14. The molecule has 0 spiro atoms. The lowest BCUT2D eigenvalue weighted by atomic mass is 10.0. The van der Waals surface area contributed by atoms with Gasteiger partial charge in [0.15, 0.2) is 0 Å². The van der Waals surface area contributed by atoms with Crippen molar-refractivity contribution >= 4 is 5.91 Å². The molecule has 1 atom stereocenters. The SMILES string of the molecule is NC(=O)C1CCCCN1NOCc1ccccc1. The van der Waals surface area contributed by atoms with Crippen LogP contribution in [0.25, 0.3) is 0 Å². The Labute approximate surface area is 107 Å². The third kappa shape index (κ3) is 3.53. The summed E-state index contributed by atoms with van der Waals surface area (Å²) < 4.78 is 0. The van der Waals surface area contributed by atoms with E-state index < -0.39 is 0 Å². The Hall–Kier alpha value is -1.43. The van der Waals surface area contributed by atoms with Crippen molar-refractivity contribution in [2.45, 2.75) is 31.9 Å². The Balaban J connectivity index is 1.79. The van der Waals surface area contributed by atoms with Gasteiger partial charge in [0.2, 0.25) is 5.91 Å². The minimum Gasteiger partial charge on any atom is -0.368 e. The van der Waals surface area contributed by atoms with Crippen molar-refractivity contribution in [2.24, 2.45) is 5.73 Å². The molecular weight excluding hydrogens is 230 g/mol. The molecule has 0 saturated carbocycles. The van der Waals surface area contributed by atoms with Gasteiger partial charge in [-0.05, 0) is 24.8 Å². The maximum Gasteiger partial charge on any atom is 0.236 e. The van der Waals surface area contributed by atoms with Crippen LogP contribution < -0.4 is 11.3 Å². The fraction of sp³-hybridized carbons (Fsp3) is 0.462. The first-order valence-electron chi connectivity index (χ1n) is 6.24. The van der Waals surface area contributed by atoms with Crippen LogP contribution in [-0.2, 0) is 16.2 Å². The minimum absolute atomic E-state index is 0.269. The van der Waals surface area contributed by atoms with Crippen LogP contribution in [-0.4, -0.2) is 23.5 Å². The van der Waals surface area contributed by atoms with Gasteiger partial charge >= 0.3 is 0 Å². The van der Waals surface area contributed by atoms with Crippen LogP contribution >= 0.6 is 0 Å². The molecule has 98 valence electrons. The van der Waals surface area contributed by atoms with Gasteiger partial charge in [0.1, 0.15) is 6.04 Å². The number of benzene rings is 1. The highest BCUT2D eigenvalue weighted by Gasteiger charge is 2.26. The highest BCUT2D eigenvalue weighted by molar-refractivity contribution is 5.79. The highest BCUT2D eigenvalue weighted by atomic mass is 16.7. The molecule has 1 fully saturated rings. The topological polar surface area (TPSA) is 67.6 Å². The molecule has 18 heavy (non-hydrogen) atoms. The van der Waals surface area contributed by atoms with Crippen molar-refractivity contribution in [2.75, 3.05) is 6.54 Å². The molecule has 0 aliphatic carbocycles. The van der Waals surface area contributed by atoms with Gasteiger partial charge in [-0.1, -0.05) is 30.3 Å². The Morgan fingerprint density at radius 3 is 2.89 bits per heavy atom. The normalized spacial score (nSPS) is 20.8. The maximum absolute atomic E-state index is 11.3. The molecule has 0 bridgehead atoms. The van der Waals surface area contributed by atoms with E-state index >= 15 is 0 Å². The van der Waals surface area contributed by atoms with Crippen LogP contribution in [0.3, 0.4) is 0 Å². The van der Waals surface area contributed by atoms with Gasteiger partial charge in [-0.25, -0.2) is 5.01 Å². The van der Waals surface area contributed by atoms with Gasteiger partial charge in [-0.2, -0.15) is 0 Å². The molecule has 3 N–H and O–H groups in total. The molecule has 1 saturated heterocycles. The second-order valence-corrected chi connectivity index (χ2v) is 4.47. The summed E-state index contributed by atoms with van der Waals surface area (Å²) in [7, 11) is 0. The number of nitrogens with two attached hydrogens (primary N) is 1. The summed E-state index contributed by atoms with van der Waals surface area (Å²) in [5.74, 6) is -0.300. The zero-order valence-corrected chi connectivity index (χ0v) is 10.3. The van der Waals surface area contributed by atoms with Crippen LogP contribution in [0.4, 0.5) is 0 Å².